The minimum Gasteiger partial charge on any atom is -0.390 e. The van der Waals surface area contributed by atoms with E-state index in [1.54, 1.807) is 54.5 Å². The third kappa shape index (κ3) is 29.0. The van der Waals surface area contributed by atoms with Crippen LogP contribution in [0.25, 0.3) is 0 Å². The zero-order valence-corrected chi connectivity index (χ0v) is 68.1. The number of hydrogen-bond donors (Lipinski definition) is 6. The Morgan fingerprint density at radius 1 is 0.485 bits per heavy atom. The number of nitrogens with zero attached hydrogens (tertiary/aromatic N) is 8. The highest BCUT2D eigenvalue weighted by molar-refractivity contribution is 7.99. The van der Waals surface area contributed by atoms with Crippen LogP contribution in [0.4, 0.5) is 0 Å². The molecule has 1 aliphatic rings. The van der Waals surface area contributed by atoms with Crippen molar-refractivity contribution in [3.05, 3.63) is 12.2 Å². The first-order valence-corrected chi connectivity index (χ1v) is 38.2. The van der Waals surface area contributed by atoms with Gasteiger partial charge in [0, 0.05) is 74.6 Å². The Morgan fingerprint density at radius 3 is 1.39 bits per heavy atom. The molecule has 0 bridgehead atoms. The van der Waals surface area contributed by atoms with Gasteiger partial charge in [-0.05, 0) is 139 Å². The van der Waals surface area contributed by atoms with Crippen molar-refractivity contribution < 1.29 is 63.0 Å². The summed E-state index contributed by atoms with van der Waals surface area (Å²) in [6, 6.07) is -14.4. The lowest BCUT2D eigenvalue weighted by molar-refractivity contribution is -0.157. The molecule has 1 rings (SSSR count). The van der Waals surface area contributed by atoms with E-state index in [9.17, 15) is 29.4 Å². The lowest BCUT2D eigenvalue weighted by Crippen LogP contribution is -2.64. The van der Waals surface area contributed by atoms with Gasteiger partial charge in [-0.1, -0.05) is 123 Å². The van der Waals surface area contributed by atoms with Crippen molar-refractivity contribution in [2.45, 2.75) is 275 Å². The summed E-state index contributed by atoms with van der Waals surface area (Å²) in [5.41, 5.74) is -1.59. The number of rotatable bonds is 26. The Balaban J connectivity index is 4.58. The molecule has 25 nitrogen and oxygen atoms in total. The predicted octanol–water partition coefficient (Wildman–Crippen LogP) is 5.88. The summed E-state index contributed by atoms with van der Waals surface area (Å²) < 4.78 is 0. The van der Waals surface area contributed by atoms with E-state index in [0.29, 0.717) is 17.6 Å². The zero-order valence-electron chi connectivity index (χ0n) is 67.3. The van der Waals surface area contributed by atoms with Crippen molar-refractivity contribution in [2.75, 3.05) is 80.5 Å². The Kier molecular flexibility index (Phi) is 40.0. The van der Waals surface area contributed by atoms with Crippen LogP contribution in [0.15, 0.2) is 12.2 Å². The van der Waals surface area contributed by atoms with Crippen LogP contribution in [0.5, 0.6) is 0 Å². The van der Waals surface area contributed by atoms with Crippen LogP contribution in [0, 0.1) is 47.3 Å². The Morgan fingerprint density at radius 2 is 0.921 bits per heavy atom. The summed E-state index contributed by atoms with van der Waals surface area (Å²) in [6.45, 7) is 40.6. The molecule has 1 heterocycles. The summed E-state index contributed by atoms with van der Waals surface area (Å²) in [6.07, 6.45) is 4.01. The number of thioether (sulfide) groups is 1. The number of amides is 11. The van der Waals surface area contributed by atoms with Crippen LogP contribution in [0.2, 0.25) is 0 Å². The molecule has 1 saturated heterocycles. The fourth-order valence-corrected chi connectivity index (χ4v) is 14.2. The summed E-state index contributed by atoms with van der Waals surface area (Å²) in [5, 5.41) is 35.0. The number of carbonyl (C=O) groups excluding carboxylic acids is 11. The standard InChI is InChI=1S/C75H138N12O13S/c1-29-31-34-51(17)63(88)62-67(92)78-54(30-2)69(94)84(26)59(43-101-36-33-32-35-87(41-47(9)10)42-48(11)12)72(97)83(25)58(40-75(20,21)100)66(91)79-60(49(13)14)73(98)80(22)55(37-44(3)4)65(90)76-52(18)64(89)77-53(19)68(93)81(23)56(38-45(5)6)70(95)82(24)57(39-46(7)8)71(96)85(27)61(50(15)16)74(99)86(62)28/h29,31,44-63,88,100H,30,32-43H2,1-28H3,(H,76,90)(H,77,89)(H,78,92)(H,79,91)/t51-,52+,53-,54+,55+,56+,57+,58+,59-,60+,61+,62+,63-/m1/s1. The molecule has 13 atom stereocenters. The van der Waals surface area contributed by atoms with Gasteiger partial charge in [-0.2, -0.15) is 11.8 Å². The van der Waals surface area contributed by atoms with Crippen molar-refractivity contribution in [3.8, 4) is 0 Å². The molecule has 1 fully saturated rings. The molecule has 0 aliphatic carbocycles. The number of unbranched alkanes of at least 4 members (excludes halogenated alkanes) is 1. The lowest BCUT2D eigenvalue weighted by atomic mass is 9.91. The smallest absolute Gasteiger partial charge is 0.246 e. The van der Waals surface area contributed by atoms with Gasteiger partial charge in [0.05, 0.1) is 11.7 Å². The summed E-state index contributed by atoms with van der Waals surface area (Å²) in [7, 11) is 9.95. The Bertz CT molecular complexity index is 2710. The van der Waals surface area contributed by atoms with Crippen molar-refractivity contribution >= 4 is 76.7 Å². The van der Waals surface area contributed by atoms with Gasteiger partial charge in [0.25, 0.3) is 0 Å². The third-order valence-electron chi connectivity index (χ3n) is 18.9. The second kappa shape index (κ2) is 43.4. The molecule has 0 spiro atoms. The van der Waals surface area contributed by atoms with Crippen LogP contribution in [0.3, 0.4) is 0 Å². The minimum absolute atomic E-state index is 0.0243. The molecule has 11 amide bonds. The first-order chi connectivity index (χ1) is 46.6. The largest absolute Gasteiger partial charge is 0.390 e. The topological polar surface area (TPSA) is 302 Å². The van der Waals surface area contributed by atoms with Crippen molar-refractivity contribution in [3.63, 3.8) is 0 Å². The molecule has 0 unspecified atom stereocenters. The van der Waals surface area contributed by atoms with Crippen molar-refractivity contribution in [1.82, 2.24) is 60.5 Å². The van der Waals surface area contributed by atoms with Gasteiger partial charge in [0.15, 0.2) is 0 Å². The molecule has 0 radical (unpaired) electrons. The van der Waals surface area contributed by atoms with Gasteiger partial charge in [0.2, 0.25) is 65.0 Å². The lowest BCUT2D eigenvalue weighted by Gasteiger charge is -2.41. The average Bonchev–Trinajstić information content (AvgIpc) is 0.805. The number of likely N-dealkylation sites (N-methyl/N-ethyl adjacent to an activating group) is 7. The summed E-state index contributed by atoms with van der Waals surface area (Å²) in [5.74, 6) is -8.67. The highest BCUT2D eigenvalue weighted by atomic mass is 32.2. The third-order valence-corrected chi connectivity index (χ3v) is 20.0. The Labute approximate surface area is 612 Å². The van der Waals surface area contributed by atoms with E-state index in [-0.39, 0.29) is 62.0 Å². The van der Waals surface area contributed by atoms with Gasteiger partial charge < -0.3 is 70.7 Å². The van der Waals surface area contributed by atoms with E-state index in [2.05, 4.69) is 53.9 Å². The summed E-state index contributed by atoms with van der Waals surface area (Å²) >= 11 is 1.44. The number of aliphatic hydroxyl groups excluding tert-OH is 1. The van der Waals surface area contributed by atoms with Crippen LogP contribution in [0.1, 0.15) is 197 Å². The van der Waals surface area contributed by atoms with Crippen molar-refractivity contribution in [1.29, 1.82) is 0 Å². The highest BCUT2D eigenvalue weighted by Crippen LogP contribution is 2.27. The second-order valence-corrected chi connectivity index (χ2v) is 33.2. The zero-order chi connectivity index (χ0) is 78.2. The van der Waals surface area contributed by atoms with Crippen LogP contribution < -0.4 is 21.3 Å². The molecular weight excluding hydrogens is 1310 g/mol. The number of allylic oxidation sites excluding steroid dienone is 2. The number of hydrogen-bond acceptors (Lipinski definition) is 15. The molecule has 0 aromatic rings. The maximum Gasteiger partial charge on any atom is 0.246 e. The van der Waals surface area contributed by atoms with Crippen LogP contribution in [-0.4, -0.2) is 273 Å². The predicted molar refractivity (Wildman–Crippen MR) is 402 cm³/mol. The molecule has 101 heavy (non-hydrogen) atoms. The molecule has 1 aliphatic heterocycles. The van der Waals surface area contributed by atoms with Crippen LogP contribution in [-0.2, 0) is 52.7 Å². The summed E-state index contributed by atoms with van der Waals surface area (Å²) in [4.78, 5) is 176. The quantitative estimate of drug-likeness (QED) is 0.0435. The van der Waals surface area contributed by atoms with E-state index in [1.807, 2.05) is 47.6 Å². The first kappa shape index (κ1) is 93.2. The molecular formula is C75H138N12O13S. The molecule has 0 aromatic heterocycles. The number of carbonyl (C=O) groups is 11. The maximum absolute atomic E-state index is 15.6. The number of nitrogens with one attached hydrogen (secondary N) is 4. The van der Waals surface area contributed by atoms with Crippen molar-refractivity contribution in [2.24, 2.45) is 47.3 Å². The molecule has 0 saturated carbocycles. The maximum atomic E-state index is 15.6. The first-order valence-electron chi connectivity index (χ1n) is 37.0. The van der Waals surface area contributed by atoms with E-state index in [0.717, 1.165) is 37.4 Å². The van der Waals surface area contributed by atoms with E-state index in [4.69, 9.17) is 0 Å². The van der Waals surface area contributed by atoms with Gasteiger partial charge in [0.1, 0.15) is 66.5 Å². The van der Waals surface area contributed by atoms with Crippen LogP contribution >= 0.6 is 11.8 Å². The molecule has 0 aromatic carbocycles. The van der Waals surface area contributed by atoms with Gasteiger partial charge >= 0.3 is 0 Å². The van der Waals surface area contributed by atoms with Gasteiger partial charge in [-0.25, -0.2) is 0 Å². The molecule has 6 N–H and O–H groups in total. The highest BCUT2D eigenvalue weighted by Gasteiger charge is 2.47. The SMILES string of the molecule is CC=CC[C@@H](C)[C@@H](O)[C@H]1C(=O)N[C@@H](CC)C(=O)N(C)[C@H](CSCCCCN(CC(C)C)CC(C)C)C(=O)N(C)[C@@H](CC(C)(C)O)C(=O)N[C@@H](C(C)C)C(=O)N(C)[C@@H](CC(C)C)C(=O)N[C@@H](C)C(=O)N[C@H](C)C(=O)N(C)[C@@H](CC(C)C)C(=O)N(C)[C@@H](CC(C)C)C(=O)N(C)[C@@H](C(C)C)C(=O)N1C. The van der Waals surface area contributed by atoms with E-state index in [1.165, 1.54) is 118 Å². The minimum atomic E-state index is -1.66. The fourth-order valence-electron chi connectivity index (χ4n) is 13.0. The Hall–Kier alpha value is -5.86. The van der Waals surface area contributed by atoms with E-state index < -0.39 is 161 Å². The normalized spacial score (nSPS) is 25.6. The average molecular weight is 1450 g/mol. The van der Waals surface area contributed by atoms with Gasteiger partial charge in [-0.15, -0.1) is 0 Å². The van der Waals surface area contributed by atoms with E-state index >= 15 is 33.6 Å². The second-order valence-electron chi connectivity index (χ2n) is 32.0. The fraction of sp³-hybridized carbons (Fsp3) is 0.827. The molecule has 26 heteroatoms. The molecule has 582 valence electrons. The monoisotopic (exact) mass is 1450 g/mol. The number of aliphatic hydroxyl groups is 2. The van der Waals surface area contributed by atoms with Gasteiger partial charge in [-0.3, -0.25) is 52.7 Å².